The average molecular weight is 604 g/mol. The molecule has 224 valence electrons. The number of amides is 2. The maximum absolute atomic E-state index is 14.1. The first-order valence-electron chi connectivity index (χ1n) is 14.2. The summed E-state index contributed by atoms with van der Waals surface area (Å²) in [5.74, 6) is 1.39. The zero-order valence-corrected chi connectivity index (χ0v) is 25.1. The Morgan fingerprint density at radius 1 is 1.00 bits per heavy atom. The molecule has 2 heterocycles. The molecule has 1 saturated heterocycles. The molecule has 43 heavy (non-hydrogen) atoms. The van der Waals surface area contributed by atoms with Gasteiger partial charge in [-0.2, -0.15) is 0 Å². The number of ether oxygens (including phenoxy) is 2. The Bertz CT molecular complexity index is 1680. The van der Waals surface area contributed by atoms with Gasteiger partial charge in [-0.05, 0) is 68.4 Å². The van der Waals surface area contributed by atoms with Gasteiger partial charge >= 0.3 is 0 Å². The number of hydrogen-bond acceptors (Lipinski definition) is 7. The minimum Gasteiger partial charge on any atom is -0.492 e. The highest BCUT2D eigenvalue weighted by molar-refractivity contribution is 6.30. The first kappa shape index (κ1) is 30.1. The zero-order valence-electron chi connectivity index (χ0n) is 24.4. The van der Waals surface area contributed by atoms with Gasteiger partial charge in [0.05, 0.1) is 29.2 Å². The van der Waals surface area contributed by atoms with E-state index in [0.717, 1.165) is 0 Å². The smallest absolute Gasteiger partial charge is 0.266 e. The molecule has 1 N–H and O–H groups in total. The fourth-order valence-corrected chi connectivity index (χ4v) is 5.33. The Morgan fingerprint density at radius 2 is 1.72 bits per heavy atom. The summed E-state index contributed by atoms with van der Waals surface area (Å²) in [4.78, 5) is 47.6. The van der Waals surface area contributed by atoms with E-state index in [-0.39, 0.29) is 30.0 Å². The Kier molecular flexibility index (Phi) is 9.27. The summed E-state index contributed by atoms with van der Waals surface area (Å²) in [6, 6.07) is 19.2. The predicted octanol–water partition coefficient (Wildman–Crippen LogP) is 4.68. The first-order valence-corrected chi connectivity index (χ1v) is 14.6. The van der Waals surface area contributed by atoms with Gasteiger partial charge in [-0.1, -0.05) is 23.7 Å². The standard InChI is InChI=1S/C32H34ClN5O5/c1-4-42-29-8-6-5-7-28(29)38-31(35-27-14-11-24(34-22(3)39)19-26(27)32(38)41)21(2)36-15-17-37(18-16-36)30(40)20-43-25-12-9-23(33)10-13-25/h5-14,19,21H,4,15-18,20H2,1-3H3,(H,34,39). The quantitative estimate of drug-likeness (QED) is 0.296. The van der Waals surface area contributed by atoms with Gasteiger partial charge in [0.1, 0.15) is 17.3 Å². The predicted molar refractivity (Wildman–Crippen MR) is 166 cm³/mol. The minimum atomic E-state index is -0.264. The lowest BCUT2D eigenvalue weighted by atomic mass is 10.1. The SMILES string of the molecule is CCOc1ccccc1-n1c(C(C)N2CCN(C(=O)COc3ccc(Cl)cc3)CC2)nc2ccc(NC(C)=O)cc2c1=O. The lowest BCUT2D eigenvalue weighted by Crippen LogP contribution is -2.51. The van der Waals surface area contributed by atoms with Crippen LogP contribution in [0.1, 0.15) is 32.6 Å². The summed E-state index contributed by atoms with van der Waals surface area (Å²) in [6.07, 6.45) is 0. The molecule has 0 bridgehead atoms. The molecule has 0 radical (unpaired) electrons. The highest BCUT2D eigenvalue weighted by Crippen LogP contribution is 2.29. The Balaban J connectivity index is 1.42. The van der Waals surface area contributed by atoms with E-state index < -0.39 is 0 Å². The van der Waals surface area contributed by atoms with Crippen LogP contribution in [0.3, 0.4) is 0 Å². The topological polar surface area (TPSA) is 106 Å². The summed E-state index contributed by atoms with van der Waals surface area (Å²) in [6.45, 7) is 7.92. The van der Waals surface area contributed by atoms with Crippen LogP contribution in [0.15, 0.2) is 71.5 Å². The molecule has 1 atom stereocenters. The Morgan fingerprint density at radius 3 is 2.42 bits per heavy atom. The van der Waals surface area contributed by atoms with Crippen LogP contribution < -0.4 is 20.3 Å². The van der Waals surface area contributed by atoms with Crippen LogP contribution in [0.2, 0.25) is 5.02 Å². The van der Waals surface area contributed by atoms with Crippen LogP contribution in [0.25, 0.3) is 16.6 Å². The van der Waals surface area contributed by atoms with Crippen molar-refractivity contribution >= 4 is 40.0 Å². The molecule has 1 unspecified atom stereocenters. The second-order valence-corrected chi connectivity index (χ2v) is 10.7. The van der Waals surface area contributed by atoms with Crippen LogP contribution in [0.4, 0.5) is 5.69 Å². The number of halogens is 1. The van der Waals surface area contributed by atoms with E-state index in [4.69, 9.17) is 26.1 Å². The number of anilines is 1. The number of fused-ring (bicyclic) bond motifs is 1. The summed E-state index contributed by atoms with van der Waals surface area (Å²) in [5, 5.41) is 3.73. The van der Waals surface area contributed by atoms with Gasteiger partial charge < -0.3 is 19.7 Å². The van der Waals surface area contributed by atoms with Gasteiger partial charge in [-0.3, -0.25) is 23.9 Å². The van der Waals surface area contributed by atoms with Gasteiger partial charge in [0.15, 0.2) is 6.61 Å². The van der Waals surface area contributed by atoms with Crippen LogP contribution in [-0.2, 0) is 9.59 Å². The molecule has 1 aliphatic rings. The fourth-order valence-electron chi connectivity index (χ4n) is 5.21. The monoisotopic (exact) mass is 603 g/mol. The third-order valence-corrected chi connectivity index (χ3v) is 7.64. The molecule has 10 nitrogen and oxygen atoms in total. The van der Waals surface area contributed by atoms with E-state index in [9.17, 15) is 14.4 Å². The minimum absolute atomic E-state index is 0.0579. The van der Waals surface area contributed by atoms with Crippen molar-refractivity contribution < 1.29 is 19.1 Å². The number of rotatable bonds is 9. The van der Waals surface area contributed by atoms with Crippen molar-refractivity contribution in [2.75, 3.05) is 44.7 Å². The number of para-hydroxylation sites is 2. The summed E-state index contributed by atoms with van der Waals surface area (Å²) in [7, 11) is 0. The van der Waals surface area contributed by atoms with Crippen molar-refractivity contribution in [3.05, 3.63) is 87.9 Å². The van der Waals surface area contributed by atoms with Crippen molar-refractivity contribution in [2.45, 2.75) is 26.8 Å². The van der Waals surface area contributed by atoms with Crippen molar-refractivity contribution in [3.63, 3.8) is 0 Å². The first-order chi connectivity index (χ1) is 20.7. The van der Waals surface area contributed by atoms with Crippen molar-refractivity contribution in [1.82, 2.24) is 19.4 Å². The van der Waals surface area contributed by atoms with E-state index in [1.54, 1.807) is 51.9 Å². The highest BCUT2D eigenvalue weighted by Gasteiger charge is 2.29. The molecule has 5 rings (SSSR count). The number of aromatic nitrogens is 2. The van der Waals surface area contributed by atoms with Gasteiger partial charge in [0.2, 0.25) is 5.91 Å². The number of carbonyl (C=O) groups excluding carboxylic acids is 2. The molecule has 1 aliphatic heterocycles. The third-order valence-electron chi connectivity index (χ3n) is 7.38. The molecule has 0 spiro atoms. The zero-order chi connectivity index (χ0) is 30.5. The maximum atomic E-state index is 14.1. The van der Waals surface area contributed by atoms with Crippen LogP contribution in [0, 0.1) is 0 Å². The van der Waals surface area contributed by atoms with Gasteiger partial charge in [-0.25, -0.2) is 4.98 Å². The highest BCUT2D eigenvalue weighted by atomic mass is 35.5. The van der Waals surface area contributed by atoms with E-state index >= 15 is 0 Å². The Hall–Kier alpha value is -4.41. The van der Waals surface area contributed by atoms with E-state index in [0.29, 0.717) is 77.4 Å². The number of benzene rings is 3. The lowest BCUT2D eigenvalue weighted by Gasteiger charge is -2.38. The number of piperazine rings is 1. The summed E-state index contributed by atoms with van der Waals surface area (Å²) >= 11 is 5.93. The molecule has 1 fully saturated rings. The van der Waals surface area contributed by atoms with E-state index in [1.807, 2.05) is 38.1 Å². The molecule has 0 saturated carbocycles. The van der Waals surface area contributed by atoms with Crippen LogP contribution >= 0.6 is 11.6 Å². The Labute approximate surface area is 254 Å². The number of carbonyl (C=O) groups is 2. The van der Waals surface area contributed by atoms with Gasteiger partial charge in [-0.15, -0.1) is 0 Å². The molecule has 11 heteroatoms. The molecule has 3 aromatic carbocycles. The molecule has 1 aromatic heterocycles. The number of hydrogen-bond donors (Lipinski definition) is 1. The molecule has 0 aliphatic carbocycles. The van der Waals surface area contributed by atoms with E-state index in [1.165, 1.54) is 6.92 Å². The van der Waals surface area contributed by atoms with Crippen molar-refractivity contribution in [1.29, 1.82) is 0 Å². The number of nitrogens with zero attached hydrogens (tertiary/aromatic N) is 4. The second kappa shape index (κ2) is 13.3. The van der Waals surface area contributed by atoms with Crippen LogP contribution in [-0.4, -0.2) is 70.6 Å². The molecular weight excluding hydrogens is 570 g/mol. The van der Waals surface area contributed by atoms with E-state index in [2.05, 4.69) is 10.2 Å². The van der Waals surface area contributed by atoms with Crippen molar-refractivity contribution in [2.24, 2.45) is 0 Å². The number of nitrogens with one attached hydrogen (secondary N) is 1. The summed E-state index contributed by atoms with van der Waals surface area (Å²) in [5.41, 5.74) is 1.37. The summed E-state index contributed by atoms with van der Waals surface area (Å²) < 4.78 is 13.2. The van der Waals surface area contributed by atoms with Crippen molar-refractivity contribution in [3.8, 4) is 17.2 Å². The molecule has 2 amide bonds. The normalized spacial score (nSPS) is 14.4. The second-order valence-electron chi connectivity index (χ2n) is 10.3. The molecule has 4 aromatic rings. The van der Waals surface area contributed by atoms with Gasteiger partial charge in [0, 0.05) is 43.8 Å². The lowest BCUT2D eigenvalue weighted by molar-refractivity contribution is -0.135. The van der Waals surface area contributed by atoms with Crippen LogP contribution in [0.5, 0.6) is 11.5 Å². The third kappa shape index (κ3) is 6.81. The average Bonchev–Trinajstić information content (AvgIpc) is 3.01. The largest absolute Gasteiger partial charge is 0.492 e. The molecular formula is C32H34ClN5O5. The van der Waals surface area contributed by atoms with Gasteiger partial charge in [0.25, 0.3) is 11.5 Å². The fraction of sp³-hybridized carbons (Fsp3) is 0.312. The maximum Gasteiger partial charge on any atom is 0.266 e.